The molecule has 0 aliphatic carbocycles. The van der Waals surface area contributed by atoms with Crippen LogP contribution in [-0.2, 0) is 0 Å². The Morgan fingerprint density at radius 3 is 2.60 bits per heavy atom. The number of hydrogen-bond acceptors (Lipinski definition) is 1. The first-order valence-corrected chi connectivity index (χ1v) is 6.87. The van der Waals surface area contributed by atoms with Gasteiger partial charge >= 0.3 is 0 Å². The van der Waals surface area contributed by atoms with Crippen molar-refractivity contribution in [3.05, 3.63) is 0 Å². The molecule has 1 heterocycles. The van der Waals surface area contributed by atoms with Gasteiger partial charge in [-0.2, -0.15) is 0 Å². The highest BCUT2D eigenvalue weighted by Gasteiger charge is 2.31. The van der Waals surface area contributed by atoms with Gasteiger partial charge in [-0.25, -0.2) is 0 Å². The number of rotatable bonds is 5. The van der Waals surface area contributed by atoms with Crippen molar-refractivity contribution in [3.63, 3.8) is 0 Å². The molecular weight excluding hydrogens is 182 g/mol. The summed E-state index contributed by atoms with van der Waals surface area (Å²) in [6.07, 6.45) is 8.24. The molecule has 2 unspecified atom stereocenters. The minimum atomic E-state index is 0.477. The summed E-state index contributed by atoms with van der Waals surface area (Å²) in [5.41, 5.74) is 0.477. The van der Waals surface area contributed by atoms with Gasteiger partial charge in [-0.15, -0.1) is 0 Å². The van der Waals surface area contributed by atoms with Crippen LogP contribution in [0, 0.1) is 5.92 Å². The summed E-state index contributed by atoms with van der Waals surface area (Å²) < 4.78 is 0. The fourth-order valence-corrected chi connectivity index (χ4v) is 2.80. The van der Waals surface area contributed by atoms with Gasteiger partial charge in [0.05, 0.1) is 0 Å². The lowest BCUT2D eigenvalue weighted by atomic mass is 9.86. The molecule has 0 N–H and O–H groups in total. The maximum absolute atomic E-state index is 2.76. The molecule has 1 nitrogen and oxygen atoms in total. The molecule has 1 aliphatic heterocycles. The predicted octanol–water partition coefficient (Wildman–Crippen LogP) is 4.08. The van der Waals surface area contributed by atoms with Crippen molar-refractivity contribution in [2.75, 3.05) is 13.1 Å². The van der Waals surface area contributed by atoms with E-state index in [1.807, 2.05) is 0 Å². The Bertz CT molecular complexity index is 178. The van der Waals surface area contributed by atoms with Gasteiger partial charge < -0.3 is 0 Å². The highest BCUT2D eigenvalue weighted by molar-refractivity contribution is 4.87. The highest BCUT2D eigenvalue weighted by Crippen LogP contribution is 2.30. The third kappa shape index (κ3) is 3.48. The van der Waals surface area contributed by atoms with Crippen molar-refractivity contribution in [2.45, 2.75) is 71.8 Å². The number of unbranched alkanes of at least 4 members (excludes halogenated alkanes) is 1. The second-order valence-electron chi connectivity index (χ2n) is 5.65. The van der Waals surface area contributed by atoms with Crippen LogP contribution >= 0.6 is 0 Å². The maximum atomic E-state index is 2.76. The van der Waals surface area contributed by atoms with Crippen LogP contribution in [0.5, 0.6) is 0 Å². The fraction of sp³-hybridized carbons (Fsp3) is 1.00. The summed E-state index contributed by atoms with van der Waals surface area (Å²) in [4.78, 5) is 2.76. The largest absolute Gasteiger partial charge is 0.298 e. The van der Waals surface area contributed by atoms with Crippen LogP contribution in [0.4, 0.5) is 0 Å². The smallest absolute Gasteiger partial charge is 0.0178 e. The average Bonchev–Trinajstić information content (AvgIpc) is 2.26. The lowest BCUT2D eigenvalue weighted by Gasteiger charge is -2.45. The van der Waals surface area contributed by atoms with Crippen molar-refractivity contribution >= 4 is 0 Å². The maximum Gasteiger partial charge on any atom is 0.0178 e. The topological polar surface area (TPSA) is 3.24 Å². The molecule has 0 bridgehead atoms. The third-order valence-corrected chi connectivity index (χ3v) is 4.25. The van der Waals surface area contributed by atoms with E-state index in [-0.39, 0.29) is 0 Å². The molecule has 0 saturated carbocycles. The molecule has 2 atom stereocenters. The van der Waals surface area contributed by atoms with Gasteiger partial charge in [0.1, 0.15) is 0 Å². The first-order valence-electron chi connectivity index (χ1n) is 6.87. The number of nitrogens with zero attached hydrogens (tertiary/aromatic N) is 1. The SMILES string of the molecule is CCCCC(C)(CC)N1CCCC(C)C1. The minimum Gasteiger partial charge on any atom is -0.298 e. The Hall–Kier alpha value is -0.0400. The summed E-state index contributed by atoms with van der Waals surface area (Å²) in [5, 5.41) is 0. The molecule has 0 amide bonds. The van der Waals surface area contributed by atoms with Crippen LogP contribution in [0.25, 0.3) is 0 Å². The van der Waals surface area contributed by atoms with E-state index in [0.717, 1.165) is 5.92 Å². The van der Waals surface area contributed by atoms with Gasteiger partial charge in [0.2, 0.25) is 0 Å². The highest BCUT2D eigenvalue weighted by atomic mass is 15.2. The predicted molar refractivity (Wildman–Crippen MR) is 68.2 cm³/mol. The number of likely N-dealkylation sites (tertiary alicyclic amines) is 1. The van der Waals surface area contributed by atoms with Gasteiger partial charge in [0.15, 0.2) is 0 Å². The molecule has 90 valence electrons. The van der Waals surface area contributed by atoms with Crippen LogP contribution in [0.3, 0.4) is 0 Å². The average molecular weight is 211 g/mol. The van der Waals surface area contributed by atoms with E-state index >= 15 is 0 Å². The van der Waals surface area contributed by atoms with Crippen LogP contribution < -0.4 is 0 Å². The molecular formula is C14H29N. The quantitative estimate of drug-likeness (QED) is 0.662. The normalized spacial score (nSPS) is 27.6. The molecule has 1 aliphatic rings. The van der Waals surface area contributed by atoms with E-state index in [1.54, 1.807) is 0 Å². The molecule has 0 aromatic heterocycles. The van der Waals surface area contributed by atoms with Crippen LogP contribution in [0.1, 0.15) is 66.2 Å². The van der Waals surface area contributed by atoms with Crippen LogP contribution in [-0.4, -0.2) is 23.5 Å². The number of piperidine rings is 1. The molecule has 1 rings (SSSR count). The monoisotopic (exact) mass is 211 g/mol. The Balaban J connectivity index is 2.54. The lowest BCUT2D eigenvalue weighted by molar-refractivity contribution is 0.0472. The van der Waals surface area contributed by atoms with Crippen molar-refractivity contribution in [3.8, 4) is 0 Å². The van der Waals surface area contributed by atoms with E-state index in [4.69, 9.17) is 0 Å². The standard InChI is InChI=1S/C14H29N/c1-5-7-10-14(4,6-2)15-11-8-9-13(3)12-15/h13H,5-12H2,1-4H3. The van der Waals surface area contributed by atoms with E-state index in [1.165, 1.54) is 51.6 Å². The Morgan fingerprint density at radius 1 is 1.33 bits per heavy atom. The summed E-state index contributed by atoms with van der Waals surface area (Å²) in [6.45, 7) is 12.2. The third-order valence-electron chi connectivity index (χ3n) is 4.25. The fourth-order valence-electron chi connectivity index (χ4n) is 2.80. The van der Waals surface area contributed by atoms with Gasteiger partial charge in [0, 0.05) is 12.1 Å². The molecule has 1 saturated heterocycles. The van der Waals surface area contributed by atoms with Crippen molar-refractivity contribution in [1.29, 1.82) is 0 Å². The Kier molecular flexibility index (Phi) is 5.11. The van der Waals surface area contributed by atoms with Crippen molar-refractivity contribution in [1.82, 2.24) is 4.90 Å². The van der Waals surface area contributed by atoms with Gasteiger partial charge in [-0.05, 0) is 45.1 Å². The second kappa shape index (κ2) is 5.89. The number of hydrogen-bond donors (Lipinski definition) is 0. The van der Waals surface area contributed by atoms with Gasteiger partial charge in [0.25, 0.3) is 0 Å². The van der Waals surface area contributed by atoms with E-state index in [0.29, 0.717) is 5.54 Å². The summed E-state index contributed by atoms with van der Waals surface area (Å²) in [6, 6.07) is 0. The molecule has 0 aromatic carbocycles. The molecule has 0 spiro atoms. The Morgan fingerprint density at radius 2 is 2.07 bits per heavy atom. The summed E-state index contributed by atoms with van der Waals surface area (Å²) >= 11 is 0. The summed E-state index contributed by atoms with van der Waals surface area (Å²) in [7, 11) is 0. The molecule has 15 heavy (non-hydrogen) atoms. The second-order valence-corrected chi connectivity index (χ2v) is 5.65. The van der Waals surface area contributed by atoms with Crippen molar-refractivity contribution < 1.29 is 0 Å². The molecule has 0 aromatic rings. The molecule has 0 radical (unpaired) electrons. The first-order chi connectivity index (χ1) is 7.12. The minimum absolute atomic E-state index is 0.477. The van der Waals surface area contributed by atoms with E-state index in [9.17, 15) is 0 Å². The van der Waals surface area contributed by atoms with Gasteiger partial charge in [-0.1, -0.05) is 33.6 Å². The van der Waals surface area contributed by atoms with Crippen LogP contribution in [0.15, 0.2) is 0 Å². The van der Waals surface area contributed by atoms with Gasteiger partial charge in [-0.3, -0.25) is 4.90 Å². The molecule has 1 heteroatoms. The zero-order valence-corrected chi connectivity index (χ0v) is 11.2. The van der Waals surface area contributed by atoms with Crippen molar-refractivity contribution in [2.24, 2.45) is 5.92 Å². The zero-order valence-electron chi connectivity index (χ0n) is 11.2. The Labute approximate surface area is 96.2 Å². The zero-order chi connectivity index (χ0) is 11.3. The van der Waals surface area contributed by atoms with E-state index in [2.05, 4.69) is 32.6 Å². The molecule has 1 fully saturated rings. The van der Waals surface area contributed by atoms with Crippen LogP contribution in [0.2, 0.25) is 0 Å². The van der Waals surface area contributed by atoms with E-state index < -0.39 is 0 Å². The summed E-state index contributed by atoms with van der Waals surface area (Å²) in [5.74, 6) is 0.909. The lowest BCUT2D eigenvalue weighted by Crippen LogP contribution is -2.50. The first kappa shape index (κ1) is 13.0.